The van der Waals surface area contributed by atoms with Crippen LogP contribution in [0.15, 0.2) is 0 Å². The Kier molecular flexibility index (Phi) is 1.61. The quantitative estimate of drug-likeness (QED) is 0.530. The lowest BCUT2D eigenvalue weighted by Crippen LogP contribution is -2.50. The molecular formula is C6H16NSi2. The fourth-order valence-electron chi connectivity index (χ4n) is 1.48. The van der Waals surface area contributed by atoms with Crippen LogP contribution < -0.4 is 4.65 Å². The van der Waals surface area contributed by atoms with Crippen LogP contribution >= 0.6 is 0 Å². The van der Waals surface area contributed by atoms with E-state index in [-0.39, 0.29) is 0 Å². The highest BCUT2D eigenvalue weighted by molar-refractivity contribution is 6.98. The second kappa shape index (κ2) is 1.94. The molecule has 1 fully saturated rings. The molecule has 0 aromatic heterocycles. The molecule has 0 unspecified atom stereocenters. The number of nitrogens with one attached hydrogen (secondary N) is 1. The first-order valence-electron chi connectivity index (χ1n) is 3.55. The highest BCUT2D eigenvalue weighted by atomic mass is 28.4. The van der Waals surface area contributed by atoms with Crippen LogP contribution in [0.2, 0.25) is 32.2 Å². The Morgan fingerprint density at radius 1 is 1.22 bits per heavy atom. The average Bonchev–Trinajstić information content (AvgIpc) is 1.78. The molecule has 1 rings (SSSR count). The second-order valence-corrected chi connectivity index (χ2v) is 13.2. The van der Waals surface area contributed by atoms with Crippen LogP contribution in [0.25, 0.3) is 0 Å². The maximum atomic E-state index is 3.79. The van der Waals surface area contributed by atoms with E-state index in [0.717, 1.165) is 0 Å². The van der Waals surface area contributed by atoms with Gasteiger partial charge in [0.15, 0.2) is 0 Å². The van der Waals surface area contributed by atoms with Gasteiger partial charge in [0.1, 0.15) is 16.5 Å². The molecule has 0 amide bonds. The molecule has 3 heteroatoms. The lowest BCUT2D eigenvalue weighted by atomic mass is 10.9. The zero-order valence-electron chi connectivity index (χ0n) is 6.78. The lowest BCUT2D eigenvalue weighted by molar-refractivity contribution is 1.36. The standard InChI is InChI=1S/C6H16NSi2/c1-8(2)5-6-9(3,4)7-8/h5,7H,6H2,1-4H3. The fraction of sp³-hybridized carbons (Fsp3) is 0.833. The molecule has 53 valence electrons. The van der Waals surface area contributed by atoms with Gasteiger partial charge in [0.05, 0.1) is 0 Å². The van der Waals surface area contributed by atoms with Gasteiger partial charge in [-0.15, -0.1) is 0 Å². The zero-order chi connectivity index (χ0) is 7.12. The molecule has 0 aromatic carbocycles. The maximum Gasteiger partial charge on any atom is 0.115 e. The highest BCUT2D eigenvalue weighted by Crippen LogP contribution is 2.23. The topological polar surface area (TPSA) is 12.0 Å². The minimum atomic E-state index is -0.989. The van der Waals surface area contributed by atoms with Crippen molar-refractivity contribution in [3.63, 3.8) is 0 Å². The Bertz CT molecular complexity index is 106. The van der Waals surface area contributed by atoms with Gasteiger partial charge in [0.25, 0.3) is 0 Å². The van der Waals surface area contributed by atoms with Crippen molar-refractivity contribution < 1.29 is 0 Å². The number of hydrogen-bond acceptors (Lipinski definition) is 1. The first-order chi connectivity index (χ1) is 3.91. The molecular weight excluding hydrogens is 142 g/mol. The summed E-state index contributed by atoms with van der Waals surface area (Å²) >= 11 is 0. The summed E-state index contributed by atoms with van der Waals surface area (Å²) in [7, 11) is -1.91. The maximum absolute atomic E-state index is 3.79. The van der Waals surface area contributed by atoms with Crippen LogP contribution in [0, 0.1) is 6.04 Å². The fourth-order valence-corrected chi connectivity index (χ4v) is 13.4. The molecule has 1 heterocycles. The molecule has 1 aliphatic rings. The van der Waals surface area contributed by atoms with Crippen LogP contribution in [-0.2, 0) is 0 Å². The van der Waals surface area contributed by atoms with Crippen LogP contribution in [-0.4, -0.2) is 16.5 Å². The molecule has 0 aliphatic carbocycles. The van der Waals surface area contributed by atoms with E-state index in [1.807, 2.05) is 0 Å². The minimum Gasteiger partial charge on any atom is -0.359 e. The van der Waals surface area contributed by atoms with Gasteiger partial charge in [-0.25, -0.2) is 0 Å². The molecule has 9 heavy (non-hydrogen) atoms. The Morgan fingerprint density at radius 2 is 1.78 bits per heavy atom. The third-order valence-corrected chi connectivity index (χ3v) is 9.93. The molecule has 0 saturated carbocycles. The Labute approximate surface area is 60.0 Å². The van der Waals surface area contributed by atoms with Crippen molar-refractivity contribution in [2.75, 3.05) is 0 Å². The van der Waals surface area contributed by atoms with E-state index in [1.54, 1.807) is 0 Å². The summed E-state index contributed by atoms with van der Waals surface area (Å²) in [5.41, 5.74) is 0. The van der Waals surface area contributed by atoms with Gasteiger partial charge in [-0.1, -0.05) is 26.2 Å². The molecule has 0 aromatic rings. The predicted octanol–water partition coefficient (Wildman–Crippen LogP) is 1.74. The average molecular weight is 158 g/mol. The van der Waals surface area contributed by atoms with Gasteiger partial charge in [-0.3, -0.25) is 0 Å². The van der Waals surface area contributed by atoms with Gasteiger partial charge in [-0.05, 0) is 12.1 Å². The monoisotopic (exact) mass is 158 g/mol. The normalized spacial score (nSPS) is 30.7. The Hall–Kier alpha value is 0.394. The summed E-state index contributed by atoms with van der Waals surface area (Å²) < 4.78 is 3.79. The molecule has 0 atom stereocenters. The molecule has 1 nitrogen and oxygen atoms in total. The summed E-state index contributed by atoms with van der Waals surface area (Å²) in [6.45, 7) is 9.58. The summed E-state index contributed by atoms with van der Waals surface area (Å²) in [6.07, 6.45) is 0. The van der Waals surface area contributed by atoms with Crippen LogP contribution in [0.1, 0.15) is 0 Å². The zero-order valence-corrected chi connectivity index (χ0v) is 8.78. The first-order valence-corrected chi connectivity index (χ1v) is 9.83. The van der Waals surface area contributed by atoms with Gasteiger partial charge in [0.2, 0.25) is 0 Å². The van der Waals surface area contributed by atoms with Crippen molar-refractivity contribution >= 4 is 16.5 Å². The first kappa shape index (κ1) is 7.50. The van der Waals surface area contributed by atoms with E-state index in [1.165, 1.54) is 6.04 Å². The van der Waals surface area contributed by atoms with Gasteiger partial charge in [-0.2, -0.15) is 0 Å². The minimum absolute atomic E-state index is 0.919. The van der Waals surface area contributed by atoms with Crippen molar-refractivity contribution in [3.8, 4) is 0 Å². The van der Waals surface area contributed by atoms with E-state index in [9.17, 15) is 0 Å². The van der Waals surface area contributed by atoms with E-state index < -0.39 is 16.5 Å². The number of hydrogen-bond donors (Lipinski definition) is 1. The largest absolute Gasteiger partial charge is 0.359 e. The van der Waals surface area contributed by atoms with E-state index in [0.29, 0.717) is 0 Å². The van der Waals surface area contributed by atoms with Gasteiger partial charge in [0, 0.05) is 0 Å². The number of rotatable bonds is 0. The SMILES string of the molecule is C[Si]1(C)[CH]C[Si](C)(C)N1. The van der Waals surface area contributed by atoms with Crippen LogP contribution in [0.4, 0.5) is 0 Å². The second-order valence-electron chi connectivity index (χ2n) is 4.14. The Morgan fingerprint density at radius 3 is 1.89 bits per heavy atom. The summed E-state index contributed by atoms with van der Waals surface area (Å²) in [4.78, 5) is 0. The molecule has 0 bridgehead atoms. The van der Waals surface area contributed by atoms with E-state index in [4.69, 9.17) is 0 Å². The smallest absolute Gasteiger partial charge is 0.115 e. The van der Waals surface area contributed by atoms with Crippen LogP contribution in [0.3, 0.4) is 0 Å². The molecule has 1 N–H and O–H groups in total. The van der Waals surface area contributed by atoms with Crippen molar-refractivity contribution in [1.29, 1.82) is 0 Å². The van der Waals surface area contributed by atoms with Gasteiger partial charge < -0.3 is 4.65 Å². The predicted molar refractivity (Wildman–Crippen MR) is 47.2 cm³/mol. The third kappa shape index (κ3) is 1.91. The summed E-state index contributed by atoms with van der Waals surface area (Å²) in [5.74, 6) is 0. The van der Waals surface area contributed by atoms with Crippen molar-refractivity contribution in [3.05, 3.63) is 6.04 Å². The van der Waals surface area contributed by atoms with Crippen LogP contribution in [0.5, 0.6) is 0 Å². The highest BCUT2D eigenvalue weighted by Gasteiger charge is 2.38. The molecule has 1 radical (unpaired) electrons. The van der Waals surface area contributed by atoms with Crippen molar-refractivity contribution in [1.82, 2.24) is 4.65 Å². The third-order valence-electron chi connectivity index (χ3n) is 1.78. The Balaban J connectivity index is 2.58. The van der Waals surface area contributed by atoms with Crippen molar-refractivity contribution in [2.24, 2.45) is 0 Å². The van der Waals surface area contributed by atoms with E-state index >= 15 is 0 Å². The molecule has 1 saturated heterocycles. The van der Waals surface area contributed by atoms with E-state index in [2.05, 4.69) is 36.9 Å². The lowest BCUT2D eigenvalue weighted by Gasteiger charge is -2.21. The van der Waals surface area contributed by atoms with Crippen molar-refractivity contribution in [2.45, 2.75) is 32.2 Å². The molecule has 0 spiro atoms. The summed E-state index contributed by atoms with van der Waals surface area (Å²) in [6, 6.07) is 3.92. The molecule has 1 aliphatic heterocycles. The van der Waals surface area contributed by atoms with Gasteiger partial charge >= 0.3 is 0 Å². The summed E-state index contributed by atoms with van der Waals surface area (Å²) in [5, 5.41) is 0.